The number of aromatic nitrogens is 4. The first-order valence-electron chi connectivity index (χ1n) is 11.5. The van der Waals surface area contributed by atoms with Crippen molar-refractivity contribution in [1.82, 2.24) is 19.7 Å². The summed E-state index contributed by atoms with van der Waals surface area (Å²) in [6.07, 6.45) is -0.327. The van der Waals surface area contributed by atoms with E-state index >= 15 is 0 Å². The third-order valence-corrected chi connectivity index (χ3v) is 7.07. The van der Waals surface area contributed by atoms with E-state index in [1.54, 1.807) is 7.11 Å². The largest absolute Gasteiger partial charge is 0.497 e. The number of methoxy groups -OCH3 is 1. The molecule has 0 saturated heterocycles. The summed E-state index contributed by atoms with van der Waals surface area (Å²) < 4.78 is 13.3. The Morgan fingerprint density at radius 3 is 2.42 bits per heavy atom. The van der Waals surface area contributed by atoms with Crippen LogP contribution in [0.3, 0.4) is 0 Å². The zero-order chi connectivity index (χ0) is 25.7. The normalized spacial score (nSPS) is 11.9. The summed E-state index contributed by atoms with van der Waals surface area (Å²) in [6, 6.07) is 15.7. The van der Waals surface area contributed by atoms with Crippen LogP contribution in [0.5, 0.6) is 11.5 Å². The molecule has 1 amide bonds. The maximum atomic E-state index is 12.6. The first-order chi connectivity index (χ1) is 17.3. The molecule has 188 valence electrons. The van der Waals surface area contributed by atoms with Crippen LogP contribution in [0.2, 0.25) is 0 Å². The number of hydrogen-bond acceptors (Lipinski definition) is 8. The van der Waals surface area contributed by atoms with E-state index in [9.17, 15) is 4.79 Å². The number of nitrogens with one attached hydrogen (secondary N) is 1. The summed E-state index contributed by atoms with van der Waals surface area (Å²) in [7, 11) is 1.63. The van der Waals surface area contributed by atoms with Crippen molar-refractivity contribution in [2.45, 2.75) is 45.0 Å². The maximum absolute atomic E-state index is 12.6. The minimum absolute atomic E-state index is 0.0958. The van der Waals surface area contributed by atoms with Crippen molar-refractivity contribution < 1.29 is 14.3 Å². The molecule has 0 aliphatic carbocycles. The second-order valence-electron chi connectivity index (χ2n) is 8.48. The van der Waals surface area contributed by atoms with Gasteiger partial charge in [-0.25, -0.2) is 4.98 Å². The van der Waals surface area contributed by atoms with E-state index in [0.717, 1.165) is 17.0 Å². The number of ether oxygens (including phenoxy) is 2. The molecule has 2 heterocycles. The third kappa shape index (κ3) is 6.24. The summed E-state index contributed by atoms with van der Waals surface area (Å²) in [5.41, 5.74) is 3.06. The van der Waals surface area contributed by atoms with Crippen LogP contribution in [0, 0.1) is 6.92 Å². The van der Waals surface area contributed by atoms with Crippen LogP contribution >= 0.6 is 23.1 Å². The molecule has 0 fully saturated rings. The highest BCUT2D eigenvalue weighted by molar-refractivity contribution is 7.99. The SMILES string of the molecule is COc1ccc(OC(C)c2nnc(SCC(=O)Nc3nc(-c4ccc(C)cc4)cs3)n2C(C)C)cc1. The number of carbonyl (C=O) groups is 1. The van der Waals surface area contributed by atoms with Crippen molar-refractivity contribution in [3.63, 3.8) is 0 Å². The predicted octanol–water partition coefficient (Wildman–Crippen LogP) is 6.17. The van der Waals surface area contributed by atoms with Gasteiger partial charge in [0.2, 0.25) is 5.91 Å². The molecule has 8 nitrogen and oxygen atoms in total. The van der Waals surface area contributed by atoms with Gasteiger partial charge in [0.25, 0.3) is 0 Å². The molecule has 0 spiro atoms. The van der Waals surface area contributed by atoms with E-state index in [0.29, 0.717) is 21.9 Å². The summed E-state index contributed by atoms with van der Waals surface area (Å²) in [4.78, 5) is 17.2. The molecule has 0 aliphatic heterocycles. The number of rotatable bonds is 10. The van der Waals surface area contributed by atoms with Gasteiger partial charge >= 0.3 is 0 Å². The molecular weight excluding hydrogens is 494 g/mol. The van der Waals surface area contributed by atoms with Gasteiger partial charge in [0.05, 0.1) is 18.6 Å². The maximum Gasteiger partial charge on any atom is 0.236 e. The molecule has 2 aromatic heterocycles. The molecule has 0 aliphatic rings. The first-order valence-corrected chi connectivity index (χ1v) is 13.4. The monoisotopic (exact) mass is 523 g/mol. The summed E-state index contributed by atoms with van der Waals surface area (Å²) in [5, 5.41) is 14.8. The van der Waals surface area contributed by atoms with Crippen molar-refractivity contribution >= 4 is 34.1 Å². The van der Waals surface area contributed by atoms with Gasteiger partial charge in [-0.1, -0.05) is 41.6 Å². The highest BCUT2D eigenvalue weighted by atomic mass is 32.2. The van der Waals surface area contributed by atoms with Gasteiger partial charge in [-0.2, -0.15) is 0 Å². The van der Waals surface area contributed by atoms with E-state index in [1.807, 2.05) is 72.3 Å². The third-order valence-electron chi connectivity index (χ3n) is 5.37. The van der Waals surface area contributed by atoms with E-state index < -0.39 is 0 Å². The summed E-state index contributed by atoms with van der Waals surface area (Å²) in [5.74, 6) is 2.22. The number of benzene rings is 2. The molecule has 4 rings (SSSR count). The van der Waals surface area contributed by atoms with Crippen LogP contribution in [-0.4, -0.2) is 38.5 Å². The number of nitrogens with zero attached hydrogens (tertiary/aromatic N) is 4. The second-order valence-corrected chi connectivity index (χ2v) is 10.3. The fourth-order valence-electron chi connectivity index (χ4n) is 3.53. The second kappa shape index (κ2) is 11.6. The van der Waals surface area contributed by atoms with Gasteiger partial charge in [0.15, 0.2) is 22.2 Å². The molecule has 2 aromatic carbocycles. The molecule has 1 N–H and O–H groups in total. The van der Waals surface area contributed by atoms with Crippen LogP contribution in [0.25, 0.3) is 11.3 Å². The van der Waals surface area contributed by atoms with Gasteiger partial charge in [0, 0.05) is 17.0 Å². The fraction of sp³-hybridized carbons (Fsp3) is 0.308. The Morgan fingerprint density at radius 2 is 1.75 bits per heavy atom. The smallest absolute Gasteiger partial charge is 0.236 e. The minimum Gasteiger partial charge on any atom is -0.497 e. The minimum atomic E-state index is -0.327. The number of hydrogen-bond donors (Lipinski definition) is 1. The lowest BCUT2D eigenvalue weighted by molar-refractivity contribution is -0.113. The highest BCUT2D eigenvalue weighted by Gasteiger charge is 2.22. The van der Waals surface area contributed by atoms with E-state index in [1.165, 1.54) is 28.7 Å². The molecule has 0 saturated carbocycles. The average molecular weight is 524 g/mol. The Balaban J connectivity index is 1.38. The molecule has 1 unspecified atom stereocenters. The van der Waals surface area contributed by atoms with Crippen molar-refractivity contribution in [3.8, 4) is 22.8 Å². The first kappa shape index (κ1) is 25.7. The van der Waals surface area contributed by atoms with E-state index in [4.69, 9.17) is 9.47 Å². The molecule has 10 heteroatoms. The Labute approximate surface area is 219 Å². The van der Waals surface area contributed by atoms with Crippen molar-refractivity contribution in [2.75, 3.05) is 18.2 Å². The molecule has 1 atom stereocenters. The van der Waals surface area contributed by atoms with Gasteiger partial charge in [-0.05, 0) is 52.0 Å². The number of anilines is 1. The van der Waals surface area contributed by atoms with Crippen LogP contribution in [0.1, 0.15) is 44.3 Å². The summed E-state index contributed by atoms with van der Waals surface area (Å²) in [6.45, 7) is 8.09. The molecule has 36 heavy (non-hydrogen) atoms. The average Bonchev–Trinajstić information content (AvgIpc) is 3.51. The summed E-state index contributed by atoms with van der Waals surface area (Å²) >= 11 is 2.75. The number of thiazole rings is 1. The molecule has 0 radical (unpaired) electrons. The van der Waals surface area contributed by atoms with Crippen molar-refractivity contribution in [1.29, 1.82) is 0 Å². The van der Waals surface area contributed by atoms with Gasteiger partial charge in [0.1, 0.15) is 11.5 Å². The number of carbonyl (C=O) groups excluding carboxylic acids is 1. The predicted molar refractivity (Wildman–Crippen MR) is 144 cm³/mol. The Kier molecular flexibility index (Phi) is 8.27. The quantitative estimate of drug-likeness (QED) is 0.249. The topological polar surface area (TPSA) is 91.2 Å². The molecule has 0 bridgehead atoms. The van der Waals surface area contributed by atoms with Gasteiger partial charge in [-0.15, -0.1) is 21.5 Å². The standard InChI is InChI=1S/C26H29N5O3S2/c1-16(2)31-24(18(4)34-21-12-10-20(33-5)11-13-21)29-30-26(31)36-15-23(32)28-25-27-22(14-35-25)19-8-6-17(3)7-9-19/h6-14,16,18H,15H2,1-5H3,(H,27,28,32). The van der Waals surface area contributed by atoms with Crippen molar-refractivity contribution in [2.24, 2.45) is 0 Å². The van der Waals surface area contributed by atoms with E-state index in [-0.39, 0.29) is 23.8 Å². The van der Waals surface area contributed by atoms with Gasteiger partial charge in [-0.3, -0.25) is 4.79 Å². The number of aryl methyl sites for hydroxylation is 1. The lowest BCUT2D eigenvalue weighted by Gasteiger charge is -2.19. The van der Waals surface area contributed by atoms with Crippen LogP contribution in [0.15, 0.2) is 59.1 Å². The Hall–Kier alpha value is -3.37. The zero-order valence-electron chi connectivity index (χ0n) is 20.9. The van der Waals surface area contributed by atoms with Crippen LogP contribution in [-0.2, 0) is 4.79 Å². The fourth-order valence-corrected chi connectivity index (χ4v) is 5.14. The Morgan fingerprint density at radius 1 is 1.06 bits per heavy atom. The van der Waals surface area contributed by atoms with Crippen LogP contribution < -0.4 is 14.8 Å². The van der Waals surface area contributed by atoms with Crippen LogP contribution in [0.4, 0.5) is 5.13 Å². The zero-order valence-corrected chi connectivity index (χ0v) is 22.5. The molecular formula is C26H29N5O3S2. The van der Waals surface area contributed by atoms with Gasteiger partial charge < -0.3 is 19.4 Å². The highest BCUT2D eigenvalue weighted by Crippen LogP contribution is 2.29. The Bertz CT molecular complexity index is 1300. The number of thioether (sulfide) groups is 1. The lowest BCUT2D eigenvalue weighted by Crippen LogP contribution is -2.16. The number of amides is 1. The molecule has 4 aromatic rings. The van der Waals surface area contributed by atoms with E-state index in [2.05, 4.69) is 34.3 Å². The van der Waals surface area contributed by atoms with Crippen molar-refractivity contribution in [3.05, 3.63) is 65.3 Å². The lowest BCUT2D eigenvalue weighted by atomic mass is 10.1.